The van der Waals surface area contributed by atoms with Crippen molar-refractivity contribution >= 4 is 6.16 Å². The summed E-state index contributed by atoms with van der Waals surface area (Å²) in [5.74, 6) is 0. The van der Waals surface area contributed by atoms with E-state index >= 15 is 0 Å². The third-order valence-corrected chi connectivity index (χ3v) is 1.02. The second-order valence-corrected chi connectivity index (χ2v) is 1.82. The molecule has 1 heterocycles. The van der Waals surface area contributed by atoms with Crippen LogP contribution in [0.1, 0.15) is 6.92 Å². The number of hydrogen-bond donors (Lipinski definition) is 0. The van der Waals surface area contributed by atoms with E-state index in [0.29, 0.717) is 6.61 Å². The number of carbonyl (C=O) groups excluding carboxylic acids is 1. The van der Waals surface area contributed by atoms with Gasteiger partial charge in [0.2, 0.25) is 0 Å². The Labute approximate surface area is 64.3 Å². The normalized spacial score (nSPS) is 9.18. The molecule has 0 radical (unpaired) electrons. The lowest BCUT2D eigenvalue weighted by Gasteiger charge is -2.02. The maximum Gasteiger partial charge on any atom is 0.533 e. The summed E-state index contributed by atoms with van der Waals surface area (Å²) in [5, 5.41) is 0. The van der Waals surface area contributed by atoms with Crippen LogP contribution in [-0.4, -0.2) is 17.5 Å². The summed E-state index contributed by atoms with van der Waals surface area (Å²) < 4.78 is 5.81. The lowest BCUT2D eigenvalue weighted by atomic mass is 10.7. The van der Waals surface area contributed by atoms with Gasteiger partial charge in [0.25, 0.3) is 0 Å². The van der Waals surface area contributed by atoms with E-state index in [1.165, 1.54) is 4.73 Å². The van der Waals surface area contributed by atoms with Gasteiger partial charge in [-0.2, -0.15) is 4.73 Å². The van der Waals surface area contributed by atoms with Gasteiger partial charge in [-0.15, -0.1) is 0 Å². The van der Waals surface area contributed by atoms with Crippen LogP contribution in [0.15, 0.2) is 24.5 Å². The smallest absolute Gasteiger partial charge is 0.433 e. The van der Waals surface area contributed by atoms with E-state index in [2.05, 4.69) is 9.57 Å². The highest BCUT2D eigenvalue weighted by Gasteiger charge is 2.01. The lowest BCUT2D eigenvalue weighted by molar-refractivity contribution is 0.0518. The Morgan fingerprint density at radius 3 is 2.64 bits per heavy atom. The van der Waals surface area contributed by atoms with Crippen molar-refractivity contribution in [2.45, 2.75) is 6.92 Å². The first-order valence-corrected chi connectivity index (χ1v) is 3.31. The predicted octanol–water partition coefficient (Wildman–Crippen LogP) is 1.07. The Bertz CT molecular complexity index is 218. The monoisotopic (exact) mass is 155 g/mol. The topological polar surface area (TPSA) is 40.5 Å². The summed E-state index contributed by atoms with van der Waals surface area (Å²) in [6.07, 6.45) is 2.53. The van der Waals surface area contributed by atoms with Gasteiger partial charge in [-0.25, -0.2) is 4.79 Å². The minimum absolute atomic E-state index is 0.320. The van der Waals surface area contributed by atoms with Crippen LogP contribution in [0, 0.1) is 0 Å². The molecular weight excluding hydrogens is 146 g/mol. The van der Waals surface area contributed by atoms with Crippen LogP contribution in [0.3, 0.4) is 0 Å². The van der Waals surface area contributed by atoms with Crippen molar-refractivity contribution in [3.8, 4) is 0 Å². The molecular formula is C7H9NO3. The molecule has 0 aromatic carbocycles. The molecule has 60 valence electrons. The average Bonchev–Trinajstić information content (AvgIpc) is 2.40. The molecule has 0 saturated carbocycles. The molecule has 4 nitrogen and oxygen atoms in total. The minimum atomic E-state index is -0.691. The summed E-state index contributed by atoms with van der Waals surface area (Å²) in [6.45, 7) is 2.04. The molecule has 0 aliphatic heterocycles. The molecule has 0 amide bonds. The zero-order chi connectivity index (χ0) is 8.10. The number of nitrogens with zero attached hydrogens (tertiary/aromatic N) is 1. The second kappa shape index (κ2) is 3.65. The first kappa shape index (κ1) is 7.65. The van der Waals surface area contributed by atoms with Gasteiger partial charge in [-0.1, -0.05) is 0 Å². The highest BCUT2D eigenvalue weighted by molar-refractivity contribution is 5.60. The first-order valence-electron chi connectivity index (χ1n) is 3.31. The van der Waals surface area contributed by atoms with Gasteiger partial charge >= 0.3 is 6.16 Å². The number of hydrogen-bond acceptors (Lipinski definition) is 3. The van der Waals surface area contributed by atoms with E-state index in [9.17, 15) is 4.79 Å². The molecule has 0 aliphatic rings. The number of rotatable bonds is 2. The molecule has 0 spiro atoms. The van der Waals surface area contributed by atoms with Crippen molar-refractivity contribution in [1.29, 1.82) is 0 Å². The fourth-order valence-corrected chi connectivity index (χ4v) is 0.610. The predicted molar refractivity (Wildman–Crippen MR) is 38.0 cm³/mol. The number of carbonyl (C=O) groups is 1. The fourth-order valence-electron chi connectivity index (χ4n) is 0.610. The molecule has 0 atom stereocenters. The third-order valence-electron chi connectivity index (χ3n) is 1.02. The summed E-state index contributed by atoms with van der Waals surface area (Å²) >= 11 is 0. The van der Waals surface area contributed by atoms with Crippen molar-refractivity contribution < 1.29 is 14.4 Å². The number of aromatic nitrogens is 1. The molecule has 4 heteroatoms. The summed E-state index contributed by atoms with van der Waals surface area (Å²) in [6, 6.07) is 3.50. The molecule has 0 saturated heterocycles. The van der Waals surface area contributed by atoms with Gasteiger partial charge < -0.3 is 9.57 Å². The van der Waals surface area contributed by atoms with E-state index < -0.39 is 6.16 Å². The van der Waals surface area contributed by atoms with Crippen LogP contribution >= 0.6 is 0 Å². The van der Waals surface area contributed by atoms with Crippen molar-refractivity contribution in [1.82, 2.24) is 4.73 Å². The Kier molecular flexibility index (Phi) is 2.54. The van der Waals surface area contributed by atoms with E-state index in [1.54, 1.807) is 31.5 Å². The van der Waals surface area contributed by atoms with Crippen molar-refractivity contribution in [3.63, 3.8) is 0 Å². The molecule has 0 bridgehead atoms. The second-order valence-electron chi connectivity index (χ2n) is 1.82. The molecule has 0 aliphatic carbocycles. The van der Waals surface area contributed by atoms with Gasteiger partial charge in [-0.3, -0.25) is 0 Å². The molecule has 0 fully saturated rings. The standard InChI is InChI=1S/C7H9NO3/c1-2-10-7(9)11-8-5-3-4-6-8/h3-6H,2H2,1H3. The maximum atomic E-state index is 10.6. The molecule has 11 heavy (non-hydrogen) atoms. The van der Waals surface area contributed by atoms with Gasteiger partial charge in [-0.05, 0) is 19.1 Å². The molecule has 0 unspecified atom stereocenters. The molecule has 1 rings (SSSR count). The van der Waals surface area contributed by atoms with Crippen LogP contribution in [0.4, 0.5) is 4.79 Å². The average molecular weight is 155 g/mol. The summed E-state index contributed by atoms with van der Waals surface area (Å²) in [4.78, 5) is 15.3. The zero-order valence-electron chi connectivity index (χ0n) is 6.19. The Hall–Kier alpha value is -1.45. The van der Waals surface area contributed by atoms with Crippen LogP contribution in [-0.2, 0) is 4.74 Å². The maximum absolute atomic E-state index is 10.6. The third kappa shape index (κ3) is 2.33. The number of ether oxygens (including phenoxy) is 1. The highest BCUT2D eigenvalue weighted by atomic mass is 16.8. The summed E-state index contributed by atoms with van der Waals surface area (Å²) in [7, 11) is 0. The zero-order valence-corrected chi connectivity index (χ0v) is 6.19. The van der Waals surface area contributed by atoms with E-state index in [0.717, 1.165) is 0 Å². The van der Waals surface area contributed by atoms with Gasteiger partial charge in [0.15, 0.2) is 0 Å². The highest BCUT2D eigenvalue weighted by Crippen LogP contribution is 1.87. The largest absolute Gasteiger partial charge is 0.533 e. The van der Waals surface area contributed by atoms with Crippen molar-refractivity contribution in [2.75, 3.05) is 6.61 Å². The van der Waals surface area contributed by atoms with E-state index in [1.807, 2.05) is 0 Å². The molecule has 1 aromatic heterocycles. The van der Waals surface area contributed by atoms with Gasteiger partial charge in [0.05, 0.1) is 6.61 Å². The van der Waals surface area contributed by atoms with Crippen LogP contribution < -0.4 is 4.84 Å². The lowest BCUT2D eigenvalue weighted by Crippen LogP contribution is -2.19. The van der Waals surface area contributed by atoms with Crippen molar-refractivity contribution in [3.05, 3.63) is 24.5 Å². The Morgan fingerprint density at radius 2 is 2.09 bits per heavy atom. The van der Waals surface area contributed by atoms with E-state index in [-0.39, 0.29) is 0 Å². The first-order chi connectivity index (χ1) is 5.33. The minimum Gasteiger partial charge on any atom is -0.433 e. The Morgan fingerprint density at radius 1 is 1.45 bits per heavy atom. The molecule has 0 N–H and O–H groups in total. The van der Waals surface area contributed by atoms with Crippen LogP contribution in [0.2, 0.25) is 0 Å². The quantitative estimate of drug-likeness (QED) is 0.600. The van der Waals surface area contributed by atoms with E-state index in [4.69, 9.17) is 0 Å². The Balaban J connectivity index is 2.37. The SMILES string of the molecule is CCOC(=O)On1cccc1. The summed E-state index contributed by atoms with van der Waals surface area (Å²) in [5.41, 5.74) is 0. The van der Waals surface area contributed by atoms with Crippen molar-refractivity contribution in [2.24, 2.45) is 0 Å². The van der Waals surface area contributed by atoms with Crippen LogP contribution in [0.5, 0.6) is 0 Å². The van der Waals surface area contributed by atoms with Gasteiger partial charge in [0, 0.05) is 12.4 Å². The molecule has 1 aromatic rings. The van der Waals surface area contributed by atoms with Gasteiger partial charge in [0.1, 0.15) is 0 Å². The van der Waals surface area contributed by atoms with Crippen LogP contribution in [0.25, 0.3) is 0 Å². The fraction of sp³-hybridized carbons (Fsp3) is 0.286.